The highest BCUT2D eigenvalue weighted by atomic mass is 35.5. The van der Waals surface area contributed by atoms with Gasteiger partial charge in [-0.3, -0.25) is 10.1 Å². The molecular weight excluding hydrogens is 352 g/mol. The van der Waals surface area contributed by atoms with Crippen LogP contribution in [0.25, 0.3) is 10.9 Å². The van der Waals surface area contributed by atoms with Gasteiger partial charge in [0.05, 0.1) is 20.3 Å². The Balaban J connectivity index is 1.92. The predicted molar refractivity (Wildman–Crippen MR) is 101 cm³/mol. The molecule has 2 unspecified atom stereocenters. The van der Waals surface area contributed by atoms with Crippen molar-refractivity contribution in [2.45, 2.75) is 18.5 Å². The van der Waals surface area contributed by atoms with Crippen molar-refractivity contribution >= 4 is 28.5 Å². The zero-order valence-electron chi connectivity index (χ0n) is 14.5. The SMILES string of the molecule is COC(=O)C1Cc2c([nH]c3ccccc23)C(c2cc(Cl)ccc2OC)N1. The predicted octanol–water partition coefficient (Wildman–Crippen LogP) is 3.61. The molecule has 1 aromatic heterocycles. The van der Waals surface area contributed by atoms with E-state index in [2.05, 4.69) is 16.4 Å². The summed E-state index contributed by atoms with van der Waals surface area (Å²) in [5, 5.41) is 5.12. The fourth-order valence-corrected chi connectivity index (χ4v) is 3.89. The van der Waals surface area contributed by atoms with E-state index in [1.54, 1.807) is 13.2 Å². The van der Waals surface area contributed by atoms with Crippen LogP contribution in [-0.4, -0.2) is 31.2 Å². The molecule has 5 nitrogen and oxygen atoms in total. The van der Waals surface area contributed by atoms with Crippen LogP contribution in [0.15, 0.2) is 42.5 Å². The lowest BCUT2D eigenvalue weighted by molar-refractivity contribution is -0.143. The Kier molecular flexibility index (Phi) is 4.34. The number of halogens is 1. The minimum atomic E-state index is -0.444. The van der Waals surface area contributed by atoms with E-state index in [1.165, 1.54) is 7.11 Å². The molecule has 2 heterocycles. The average Bonchev–Trinajstić information content (AvgIpc) is 3.05. The summed E-state index contributed by atoms with van der Waals surface area (Å²) in [5.74, 6) is 0.425. The fourth-order valence-electron chi connectivity index (χ4n) is 3.70. The van der Waals surface area contributed by atoms with E-state index in [-0.39, 0.29) is 12.0 Å². The number of benzene rings is 2. The van der Waals surface area contributed by atoms with Gasteiger partial charge in [-0.2, -0.15) is 0 Å². The van der Waals surface area contributed by atoms with E-state index in [0.717, 1.165) is 27.7 Å². The zero-order chi connectivity index (χ0) is 18.3. The van der Waals surface area contributed by atoms with Gasteiger partial charge in [0.25, 0.3) is 0 Å². The molecule has 2 aromatic carbocycles. The van der Waals surface area contributed by atoms with Gasteiger partial charge < -0.3 is 14.5 Å². The molecule has 2 N–H and O–H groups in total. The quantitative estimate of drug-likeness (QED) is 0.691. The molecule has 1 aliphatic heterocycles. The molecule has 1 aliphatic rings. The van der Waals surface area contributed by atoms with Crippen LogP contribution < -0.4 is 10.1 Å². The van der Waals surface area contributed by atoms with Crippen LogP contribution in [0.1, 0.15) is 22.9 Å². The van der Waals surface area contributed by atoms with Crippen LogP contribution in [0, 0.1) is 0 Å². The second-order valence-electron chi connectivity index (χ2n) is 6.33. The largest absolute Gasteiger partial charge is 0.496 e. The highest BCUT2D eigenvalue weighted by Gasteiger charge is 2.35. The van der Waals surface area contributed by atoms with Crippen molar-refractivity contribution in [3.63, 3.8) is 0 Å². The Hall–Kier alpha value is -2.50. The lowest BCUT2D eigenvalue weighted by Gasteiger charge is -2.31. The van der Waals surface area contributed by atoms with Gasteiger partial charge in [0, 0.05) is 33.6 Å². The van der Waals surface area contributed by atoms with Gasteiger partial charge in [0.1, 0.15) is 11.8 Å². The van der Waals surface area contributed by atoms with Crippen molar-refractivity contribution in [3.05, 3.63) is 64.3 Å². The number of para-hydroxylation sites is 1. The van der Waals surface area contributed by atoms with Crippen LogP contribution in [0.2, 0.25) is 5.02 Å². The molecule has 0 saturated carbocycles. The number of rotatable bonds is 3. The van der Waals surface area contributed by atoms with Crippen LogP contribution >= 0.6 is 11.6 Å². The molecule has 0 spiro atoms. The Morgan fingerprint density at radius 1 is 1.19 bits per heavy atom. The van der Waals surface area contributed by atoms with Crippen molar-refractivity contribution in [2.75, 3.05) is 14.2 Å². The summed E-state index contributed by atoms with van der Waals surface area (Å²) in [6.45, 7) is 0. The topological polar surface area (TPSA) is 63.4 Å². The number of fused-ring (bicyclic) bond motifs is 3. The fraction of sp³-hybridized carbons (Fsp3) is 0.250. The summed E-state index contributed by atoms with van der Waals surface area (Å²) in [6.07, 6.45) is 0.561. The number of carbonyl (C=O) groups excluding carboxylic acids is 1. The third-order valence-electron chi connectivity index (χ3n) is 4.90. The molecule has 0 amide bonds. The van der Waals surface area contributed by atoms with Crippen molar-refractivity contribution in [1.82, 2.24) is 10.3 Å². The van der Waals surface area contributed by atoms with E-state index in [9.17, 15) is 4.79 Å². The monoisotopic (exact) mass is 370 g/mol. The van der Waals surface area contributed by atoms with Crippen molar-refractivity contribution < 1.29 is 14.3 Å². The van der Waals surface area contributed by atoms with Gasteiger partial charge in [0.15, 0.2) is 0 Å². The minimum absolute atomic E-state index is 0.260. The first-order valence-corrected chi connectivity index (χ1v) is 8.77. The van der Waals surface area contributed by atoms with Gasteiger partial charge in [-0.25, -0.2) is 0 Å². The summed E-state index contributed by atoms with van der Waals surface area (Å²) in [5.41, 5.74) is 4.05. The van der Waals surface area contributed by atoms with Gasteiger partial charge in [-0.15, -0.1) is 0 Å². The molecular formula is C20H19ClN2O3. The third-order valence-corrected chi connectivity index (χ3v) is 5.13. The van der Waals surface area contributed by atoms with Crippen molar-refractivity contribution in [3.8, 4) is 5.75 Å². The van der Waals surface area contributed by atoms with Gasteiger partial charge in [-0.05, 0) is 29.8 Å². The molecule has 0 aliphatic carbocycles. The normalized spacial score (nSPS) is 19.2. The van der Waals surface area contributed by atoms with Crippen molar-refractivity contribution in [2.24, 2.45) is 0 Å². The molecule has 0 bridgehead atoms. The van der Waals surface area contributed by atoms with Crippen LogP contribution in [0.4, 0.5) is 0 Å². The summed E-state index contributed by atoms with van der Waals surface area (Å²) in [7, 11) is 3.03. The number of H-pyrrole nitrogens is 1. The molecule has 2 atom stereocenters. The molecule has 4 rings (SSSR count). The Bertz CT molecular complexity index is 982. The number of nitrogens with one attached hydrogen (secondary N) is 2. The molecule has 0 radical (unpaired) electrons. The maximum absolute atomic E-state index is 12.3. The molecule has 0 saturated heterocycles. The maximum atomic E-state index is 12.3. The molecule has 134 valence electrons. The maximum Gasteiger partial charge on any atom is 0.323 e. The summed E-state index contributed by atoms with van der Waals surface area (Å²) >= 11 is 6.24. The van der Waals surface area contributed by atoms with Crippen LogP contribution in [-0.2, 0) is 16.0 Å². The number of methoxy groups -OCH3 is 2. The van der Waals surface area contributed by atoms with Gasteiger partial charge >= 0.3 is 5.97 Å². The minimum Gasteiger partial charge on any atom is -0.496 e. The third kappa shape index (κ3) is 2.73. The number of ether oxygens (including phenoxy) is 2. The molecule has 3 aromatic rings. The average molecular weight is 371 g/mol. The van der Waals surface area contributed by atoms with Crippen LogP contribution in [0.3, 0.4) is 0 Å². The first-order chi connectivity index (χ1) is 12.6. The summed E-state index contributed by atoms with van der Waals surface area (Å²) in [4.78, 5) is 15.8. The van der Waals surface area contributed by atoms with E-state index in [4.69, 9.17) is 21.1 Å². The Labute approximate surface area is 156 Å². The molecule has 26 heavy (non-hydrogen) atoms. The number of carbonyl (C=O) groups is 1. The number of hydrogen-bond acceptors (Lipinski definition) is 4. The smallest absolute Gasteiger partial charge is 0.323 e. The van der Waals surface area contributed by atoms with Gasteiger partial charge in [0.2, 0.25) is 0 Å². The highest BCUT2D eigenvalue weighted by molar-refractivity contribution is 6.30. The van der Waals surface area contributed by atoms with E-state index >= 15 is 0 Å². The molecule has 6 heteroatoms. The summed E-state index contributed by atoms with van der Waals surface area (Å²) < 4.78 is 10.5. The standard InChI is InChI=1S/C20H19ClN2O3/c1-25-17-8-7-11(21)9-14(17)19-18-13(10-16(23-19)20(24)26-2)12-5-3-4-6-15(12)22-18/h3-9,16,19,22-23H,10H2,1-2H3. The number of hydrogen-bond donors (Lipinski definition) is 2. The Morgan fingerprint density at radius 3 is 2.77 bits per heavy atom. The summed E-state index contributed by atoms with van der Waals surface area (Å²) in [6, 6.07) is 12.9. The highest BCUT2D eigenvalue weighted by Crippen LogP contribution is 2.39. The number of aromatic amines is 1. The lowest BCUT2D eigenvalue weighted by atomic mass is 9.90. The second kappa shape index (κ2) is 6.67. The van der Waals surface area contributed by atoms with E-state index in [0.29, 0.717) is 17.2 Å². The number of aromatic nitrogens is 1. The zero-order valence-corrected chi connectivity index (χ0v) is 15.3. The first-order valence-electron chi connectivity index (χ1n) is 8.39. The van der Waals surface area contributed by atoms with Gasteiger partial charge in [-0.1, -0.05) is 29.8 Å². The number of esters is 1. The van der Waals surface area contributed by atoms with Crippen LogP contribution in [0.5, 0.6) is 5.75 Å². The van der Waals surface area contributed by atoms with E-state index < -0.39 is 6.04 Å². The second-order valence-corrected chi connectivity index (χ2v) is 6.77. The molecule has 0 fully saturated rings. The van der Waals surface area contributed by atoms with Crippen molar-refractivity contribution in [1.29, 1.82) is 0 Å². The van der Waals surface area contributed by atoms with E-state index in [1.807, 2.05) is 30.3 Å². The Morgan fingerprint density at radius 2 is 2.00 bits per heavy atom. The lowest BCUT2D eigenvalue weighted by Crippen LogP contribution is -2.45. The first kappa shape index (κ1) is 16.9.